The van der Waals surface area contributed by atoms with Gasteiger partial charge in [0, 0.05) is 12.0 Å². The maximum atomic E-state index is 12.7. The summed E-state index contributed by atoms with van der Waals surface area (Å²) in [6.07, 6.45) is -4.46. The largest absolute Gasteiger partial charge is 0.484 e. The Labute approximate surface area is 160 Å². The molecule has 0 saturated carbocycles. The highest BCUT2D eigenvalue weighted by atomic mass is 19.4. The van der Waals surface area contributed by atoms with E-state index in [9.17, 15) is 18.0 Å². The molecular weight excluding hydrogens is 375 g/mol. The topological polar surface area (TPSA) is 56.8 Å². The van der Waals surface area contributed by atoms with E-state index in [0.717, 1.165) is 17.7 Å². The van der Waals surface area contributed by atoms with Gasteiger partial charge in [-0.1, -0.05) is 26.0 Å². The molecule has 1 aliphatic rings. The number of hydrogen-bond acceptors (Lipinski definition) is 4. The molecule has 2 aromatic rings. The molecule has 1 heterocycles. The van der Waals surface area contributed by atoms with Crippen molar-refractivity contribution in [2.75, 3.05) is 19.9 Å². The Morgan fingerprint density at radius 3 is 2.57 bits per heavy atom. The summed E-state index contributed by atoms with van der Waals surface area (Å²) in [7, 11) is 0. The van der Waals surface area contributed by atoms with Crippen LogP contribution < -0.4 is 19.5 Å². The Morgan fingerprint density at radius 2 is 1.82 bits per heavy atom. The van der Waals surface area contributed by atoms with Gasteiger partial charge >= 0.3 is 6.18 Å². The fraction of sp³-hybridized carbons (Fsp3) is 0.350. The summed E-state index contributed by atoms with van der Waals surface area (Å²) >= 11 is 0. The second-order valence-electron chi connectivity index (χ2n) is 7.04. The van der Waals surface area contributed by atoms with Gasteiger partial charge in [-0.25, -0.2) is 0 Å². The first-order chi connectivity index (χ1) is 13.1. The first kappa shape index (κ1) is 19.9. The van der Waals surface area contributed by atoms with Crippen molar-refractivity contribution in [3.05, 3.63) is 53.6 Å². The zero-order valence-electron chi connectivity index (χ0n) is 15.4. The van der Waals surface area contributed by atoms with Crippen molar-refractivity contribution in [3.8, 4) is 17.2 Å². The number of benzene rings is 2. The molecule has 150 valence electrons. The third-order valence-corrected chi connectivity index (χ3v) is 4.41. The fourth-order valence-corrected chi connectivity index (χ4v) is 2.70. The Kier molecular flexibility index (Phi) is 5.40. The molecule has 8 heteroatoms. The van der Waals surface area contributed by atoms with Crippen LogP contribution in [0.3, 0.4) is 0 Å². The van der Waals surface area contributed by atoms with Crippen LogP contribution in [0.15, 0.2) is 42.5 Å². The van der Waals surface area contributed by atoms with Gasteiger partial charge in [0.25, 0.3) is 5.91 Å². The van der Waals surface area contributed by atoms with Gasteiger partial charge in [-0.15, -0.1) is 0 Å². The van der Waals surface area contributed by atoms with E-state index >= 15 is 0 Å². The molecule has 0 aliphatic carbocycles. The lowest BCUT2D eigenvalue weighted by Gasteiger charge is -2.26. The molecule has 1 aliphatic heterocycles. The minimum Gasteiger partial charge on any atom is -0.484 e. The lowest BCUT2D eigenvalue weighted by Crippen LogP contribution is -2.38. The van der Waals surface area contributed by atoms with E-state index < -0.39 is 23.1 Å². The third kappa shape index (κ3) is 4.68. The second kappa shape index (κ2) is 7.61. The fourth-order valence-electron chi connectivity index (χ4n) is 2.70. The van der Waals surface area contributed by atoms with Crippen molar-refractivity contribution >= 4 is 5.91 Å². The molecule has 0 unspecified atom stereocenters. The average molecular weight is 395 g/mol. The summed E-state index contributed by atoms with van der Waals surface area (Å²) in [5.74, 6) is 0.897. The van der Waals surface area contributed by atoms with Crippen molar-refractivity contribution in [3.63, 3.8) is 0 Å². The molecule has 3 rings (SSSR count). The summed E-state index contributed by atoms with van der Waals surface area (Å²) in [6, 6.07) is 10.0. The highest BCUT2D eigenvalue weighted by molar-refractivity contribution is 5.77. The molecule has 5 nitrogen and oxygen atoms in total. The second-order valence-corrected chi connectivity index (χ2v) is 7.04. The van der Waals surface area contributed by atoms with Crippen molar-refractivity contribution < 1.29 is 32.2 Å². The van der Waals surface area contributed by atoms with Gasteiger partial charge in [-0.2, -0.15) is 13.2 Å². The highest BCUT2D eigenvalue weighted by Gasteiger charge is 2.30. The van der Waals surface area contributed by atoms with Crippen molar-refractivity contribution in [2.24, 2.45) is 0 Å². The van der Waals surface area contributed by atoms with Crippen LogP contribution in [-0.4, -0.2) is 25.9 Å². The van der Waals surface area contributed by atoms with E-state index in [0.29, 0.717) is 18.0 Å². The lowest BCUT2D eigenvalue weighted by molar-refractivity contribution is -0.137. The standard InChI is InChI=1S/C20H20F3NO4/c1-19(2,13-6-7-16-17(9-13)28-12-27-16)11-24-18(25)10-26-15-5-3-4-14(8-15)20(21,22)23/h3-9H,10-12H2,1-2H3,(H,24,25). The monoisotopic (exact) mass is 395 g/mol. The van der Waals surface area contributed by atoms with Crippen molar-refractivity contribution in [1.29, 1.82) is 0 Å². The van der Waals surface area contributed by atoms with Gasteiger partial charge in [0.1, 0.15) is 5.75 Å². The maximum absolute atomic E-state index is 12.7. The molecule has 0 spiro atoms. The number of ether oxygens (including phenoxy) is 3. The normalized spacial score (nSPS) is 13.3. The number of carbonyl (C=O) groups is 1. The van der Waals surface area contributed by atoms with Crippen molar-refractivity contribution in [2.45, 2.75) is 25.4 Å². The van der Waals surface area contributed by atoms with Crippen LogP contribution in [0.2, 0.25) is 0 Å². The van der Waals surface area contributed by atoms with E-state index in [-0.39, 0.29) is 19.1 Å². The Balaban J connectivity index is 1.54. The van der Waals surface area contributed by atoms with Gasteiger partial charge in [0.05, 0.1) is 5.56 Å². The molecule has 0 aromatic heterocycles. The van der Waals surface area contributed by atoms with Crippen molar-refractivity contribution in [1.82, 2.24) is 5.32 Å². The quantitative estimate of drug-likeness (QED) is 0.806. The summed E-state index contributed by atoms with van der Waals surface area (Å²) in [6.45, 7) is 4.04. The predicted molar refractivity (Wildman–Crippen MR) is 95.5 cm³/mol. The van der Waals surface area contributed by atoms with Crippen LogP contribution in [-0.2, 0) is 16.4 Å². The molecule has 1 N–H and O–H groups in total. The van der Waals surface area contributed by atoms with Crippen LogP contribution in [0.25, 0.3) is 0 Å². The van der Waals surface area contributed by atoms with Gasteiger partial charge in [0.2, 0.25) is 6.79 Å². The predicted octanol–water partition coefficient (Wildman–Crippen LogP) is 3.91. The van der Waals surface area contributed by atoms with E-state index in [1.165, 1.54) is 12.1 Å². The zero-order chi connectivity index (χ0) is 20.4. The summed E-state index contributed by atoms with van der Waals surface area (Å²) in [5, 5.41) is 2.75. The molecule has 28 heavy (non-hydrogen) atoms. The molecule has 0 fully saturated rings. The number of fused-ring (bicyclic) bond motifs is 1. The van der Waals surface area contributed by atoms with Crippen LogP contribution in [0, 0.1) is 0 Å². The molecule has 0 bridgehead atoms. The zero-order valence-corrected chi connectivity index (χ0v) is 15.4. The molecular formula is C20H20F3NO4. The van der Waals surface area contributed by atoms with E-state index in [2.05, 4.69) is 5.32 Å². The number of alkyl halides is 3. The average Bonchev–Trinajstić information content (AvgIpc) is 3.12. The highest BCUT2D eigenvalue weighted by Crippen LogP contribution is 2.36. The molecule has 1 amide bonds. The van der Waals surface area contributed by atoms with Crippen LogP contribution in [0.1, 0.15) is 25.0 Å². The SMILES string of the molecule is CC(C)(CNC(=O)COc1cccc(C(F)(F)F)c1)c1ccc2c(c1)OCO2. The molecule has 0 atom stereocenters. The molecule has 2 aromatic carbocycles. The third-order valence-electron chi connectivity index (χ3n) is 4.41. The number of carbonyl (C=O) groups excluding carboxylic acids is 1. The number of amides is 1. The first-order valence-electron chi connectivity index (χ1n) is 8.62. The van der Waals surface area contributed by atoms with Gasteiger partial charge < -0.3 is 19.5 Å². The summed E-state index contributed by atoms with van der Waals surface area (Å²) < 4.78 is 54.0. The van der Waals surface area contributed by atoms with E-state index in [1.54, 1.807) is 0 Å². The maximum Gasteiger partial charge on any atom is 0.416 e. The minimum absolute atomic E-state index is 0.0139. The first-order valence-corrected chi connectivity index (χ1v) is 8.62. The van der Waals surface area contributed by atoms with Crippen LogP contribution in [0.4, 0.5) is 13.2 Å². The summed E-state index contributed by atoms with van der Waals surface area (Å²) in [4.78, 5) is 12.1. The molecule has 0 saturated heterocycles. The van der Waals surface area contributed by atoms with Crippen LogP contribution >= 0.6 is 0 Å². The van der Waals surface area contributed by atoms with E-state index in [4.69, 9.17) is 14.2 Å². The molecule has 0 radical (unpaired) electrons. The van der Waals surface area contributed by atoms with Gasteiger partial charge in [-0.3, -0.25) is 4.79 Å². The van der Waals surface area contributed by atoms with Crippen LogP contribution in [0.5, 0.6) is 17.2 Å². The number of halogens is 3. The Bertz CT molecular complexity index is 865. The smallest absolute Gasteiger partial charge is 0.416 e. The Hall–Kier alpha value is -2.90. The Morgan fingerprint density at radius 1 is 1.07 bits per heavy atom. The summed E-state index contributed by atoms with van der Waals surface area (Å²) in [5.41, 5.74) is -0.266. The van der Waals surface area contributed by atoms with Gasteiger partial charge in [0.15, 0.2) is 18.1 Å². The van der Waals surface area contributed by atoms with E-state index in [1.807, 2.05) is 32.0 Å². The lowest BCUT2D eigenvalue weighted by atomic mass is 9.84. The number of hydrogen-bond donors (Lipinski definition) is 1. The number of rotatable bonds is 6. The van der Waals surface area contributed by atoms with Gasteiger partial charge in [-0.05, 0) is 35.9 Å². The minimum atomic E-state index is -4.46. The number of nitrogens with one attached hydrogen (secondary N) is 1.